The average Bonchev–Trinajstić information content (AvgIpc) is 2.68. The molecule has 18 heavy (non-hydrogen) atoms. The molecule has 1 aromatic heterocycles. The van der Waals surface area contributed by atoms with Crippen LogP contribution in [-0.4, -0.2) is 38.1 Å². The third-order valence-electron chi connectivity index (χ3n) is 2.96. The molecule has 2 rings (SSSR count). The lowest BCUT2D eigenvalue weighted by Crippen LogP contribution is -2.16. The Morgan fingerprint density at radius 3 is 3.06 bits per heavy atom. The van der Waals surface area contributed by atoms with E-state index < -0.39 is 9.84 Å². The molecule has 0 saturated carbocycles. The molecule has 5 nitrogen and oxygen atoms in total. The van der Waals surface area contributed by atoms with E-state index in [9.17, 15) is 8.42 Å². The van der Waals surface area contributed by atoms with E-state index in [1.807, 2.05) is 19.1 Å². The summed E-state index contributed by atoms with van der Waals surface area (Å²) in [4.78, 5) is 4.21. The van der Waals surface area contributed by atoms with Crippen LogP contribution in [0.25, 0.3) is 0 Å². The van der Waals surface area contributed by atoms with Gasteiger partial charge < -0.3 is 10.1 Å². The zero-order valence-corrected chi connectivity index (χ0v) is 11.2. The van der Waals surface area contributed by atoms with Crippen molar-refractivity contribution in [2.45, 2.75) is 13.3 Å². The lowest BCUT2D eigenvalue weighted by atomic mass is 10.1. The fourth-order valence-corrected chi connectivity index (χ4v) is 3.93. The number of rotatable bonds is 5. The van der Waals surface area contributed by atoms with Crippen molar-refractivity contribution in [3.8, 4) is 5.75 Å². The molecule has 1 N–H and O–H groups in total. The van der Waals surface area contributed by atoms with E-state index in [4.69, 9.17) is 4.74 Å². The molecule has 1 aliphatic rings. The van der Waals surface area contributed by atoms with Gasteiger partial charge in [0.1, 0.15) is 0 Å². The highest BCUT2D eigenvalue weighted by Gasteiger charge is 2.27. The molecule has 0 amide bonds. The Balaban J connectivity index is 1.94. The number of hydrogen-bond donors (Lipinski definition) is 1. The molecule has 6 heteroatoms. The summed E-state index contributed by atoms with van der Waals surface area (Å²) in [6, 6.07) is 3.67. The first-order chi connectivity index (χ1) is 8.61. The van der Waals surface area contributed by atoms with Gasteiger partial charge in [-0.1, -0.05) is 0 Å². The van der Waals surface area contributed by atoms with Crippen LogP contribution in [0.2, 0.25) is 0 Å². The molecule has 1 aromatic rings. The van der Waals surface area contributed by atoms with Gasteiger partial charge in [0, 0.05) is 12.7 Å². The third-order valence-corrected chi connectivity index (χ3v) is 4.79. The van der Waals surface area contributed by atoms with Crippen molar-refractivity contribution in [2.24, 2.45) is 5.92 Å². The van der Waals surface area contributed by atoms with Crippen molar-refractivity contribution in [1.82, 2.24) is 4.98 Å². The molecule has 1 atom stereocenters. The summed E-state index contributed by atoms with van der Waals surface area (Å²) in [5.41, 5.74) is 0. The molecular weight excluding hydrogens is 252 g/mol. The zero-order valence-electron chi connectivity index (χ0n) is 10.4. The van der Waals surface area contributed by atoms with Gasteiger partial charge in [-0.15, -0.1) is 0 Å². The molecule has 0 aromatic carbocycles. The second kappa shape index (κ2) is 5.56. The van der Waals surface area contributed by atoms with E-state index >= 15 is 0 Å². The minimum absolute atomic E-state index is 0.173. The maximum Gasteiger partial charge on any atom is 0.168 e. The smallest absolute Gasteiger partial charge is 0.168 e. The molecule has 0 spiro atoms. The number of pyridine rings is 1. The highest BCUT2D eigenvalue weighted by Crippen LogP contribution is 2.23. The first-order valence-corrected chi connectivity index (χ1v) is 7.95. The lowest BCUT2D eigenvalue weighted by Gasteiger charge is -2.13. The molecule has 1 saturated heterocycles. The van der Waals surface area contributed by atoms with Crippen molar-refractivity contribution in [3.05, 3.63) is 18.3 Å². The van der Waals surface area contributed by atoms with E-state index in [0.29, 0.717) is 30.5 Å². The Labute approximate surface area is 107 Å². The monoisotopic (exact) mass is 270 g/mol. The minimum atomic E-state index is -2.81. The number of anilines is 1. The first kappa shape index (κ1) is 13.1. The van der Waals surface area contributed by atoms with Gasteiger partial charge in [-0.25, -0.2) is 13.4 Å². The largest absolute Gasteiger partial charge is 0.490 e. The van der Waals surface area contributed by atoms with Gasteiger partial charge in [0.05, 0.1) is 18.1 Å². The Morgan fingerprint density at radius 1 is 1.56 bits per heavy atom. The molecule has 100 valence electrons. The van der Waals surface area contributed by atoms with Gasteiger partial charge in [-0.3, -0.25) is 0 Å². The summed E-state index contributed by atoms with van der Waals surface area (Å²) in [6.45, 7) is 3.12. The number of nitrogens with one attached hydrogen (secondary N) is 1. The molecule has 0 radical (unpaired) electrons. The molecule has 1 fully saturated rings. The van der Waals surface area contributed by atoms with Crippen molar-refractivity contribution in [2.75, 3.05) is 30.0 Å². The highest BCUT2D eigenvalue weighted by atomic mass is 32.2. The summed E-state index contributed by atoms with van der Waals surface area (Å²) < 4.78 is 28.2. The zero-order chi connectivity index (χ0) is 13.0. The molecule has 1 unspecified atom stereocenters. The molecule has 2 heterocycles. The van der Waals surface area contributed by atoms with Gasteiger partial charge in [-0.05, 0) is 31.4 Å². The SMILES string of the molecule is CCOc1cccnc1NCC1CCS(=O)(=O)C1. The normalized spacial score (nSPS) is 21.7. The van der Waals surface area contributed by atoms with Gasteiger partial charge in [0.25, 0.3) is 0 Å². The van der Waals surface area contributed by atoms with Crippen molar-refractivity contribution in [1.29, 1.82) is 0 Å². The predicted molar refractivity (Wildman–Crippen MR) is 70.7 cm³/mol. The minimum Gasteiger partial charge on any atom is -0.490 e. The Bertz CT molecular complexity index is 502. The van der Waals surface area contributed by atoms with Crippen molar-refractivity contribution in [3.63, 3.8) is 0 Å². The summed E-state index contributed by atoms with van der Waals surface area (Å²) in [7, 11) is -2.81. The van der Waals surface area contributed by atoms with Gasteiger partial charge in [-0.2, -0.15) is 0 Å². The molecule has 0 aliphatic carbocycles. The quantitative estimate of drug-likeness (QED) is 0.874. The molecule has 1 aliphatic heterocycles. The fourth-order valence-electron chi connectivity index (χ4n) is 2.07. The summed E-state index contributed by atoms with van der Waals surface area (Å²) in [6.07, 6.45) is 2.42. The molecule has 0 bridgehead atoms. The average molecular weight is 270 g/mol. The van der Waals surface area contributed by atoms with Crippen LogP contribution in [0, 0.1) is 5.92 Å². The number of sulfone groups is 1. The van der Waals surface area contributed by atoms with E-state index in [-0.39, 0.29) is 11.7 Å². The van der Waals surface area contributed by atoms with Crippen molar-refractivity contribution >= 4 is 15.7 Å². The lowest BCUT2D eigenvalue weighted by molar-refractivity contribution is 0.340. The third kappa shape index (κ3) is 3.35. The van der Waals surface area contributed by atoms with Crippen LogP contribution in [0.4, 0.5) is 5.82 Å². The Hall–Kier alpha value is -1.30. The Morgan fingerprint density at radius 2 is 2.39 bits per heavy atom. The predicted octanol–water partition coefficient (Wildman–Crippen LogP) is 1.33. The number of ether oxygens (including phenoxy) is 1. The van der Waals surface area contributed by atoms with E-state index in [2.05, 4.69) is 10.3 Å². The Kier molecular flexibility index (Phi) is 4.06. The number of hydrogen-bond acceptors (Lipinski definition) is 5. The maximum atomic E-state index is 11.4. The van der Waals surface area contributed by atoms with Crippen LogP contribution in [0.5, 0.6) is 5.75 Å². The van der Waals surface area contributed by atoms with Gasteiger partial charge in [0.2, 0.25) is 0 Å². The van der Waals surface area contributed by atoms with E-state index in [0.717, 1.165) is 6.42 Å². The fraction of sp³-hybridized carbons (Fsp3) is 0.583. The van der Waals surface area contributed by atoms with Crippen molar-refractivity contribution < 1.29 is 13.2 Å². The standard InChI is InChI=1S/C12H18N2O3S/c1-2-17-11-4-3-6-13-12(11)14-8-10-5-7-18(15,16)9-10/h3-4,6,10H,2,5,7-9H2,1H3,(H,13,14). The maximum absolute atomic E-state index is 11.4. The van der Waals surface area contributed by atoms with Crippen LogP contribution >= 0.6 is 0 Å². The van der Waals surface area contributed by atoms with E-state index in [1.54, 1.807) is 6.20 Å². The number of nitrogens with zero attached hydrogens (tertiary/aromatic N) is 1. The summed E-state index contributed by atoms with van der Waals surface area (Å²) in [5.74, 6) is 2.15. The van der Waals surface area contributed by atoms with Crippen LogP contribution in [0.1, 0.15) is 13.3 Å². The number of aromatic nitrogens is 1. The van der Waals surface area contributed by atoms with E-state index in [1.165, 1.54) is 0 Å². The summed E-state index contributed by atoms with van der Waals surface area (Å²) in [5, 5.41) is 3.18. The molecular formula is C12H18N2O3S. The van der Waals surface area contributed by atoms with Crippen LogP contribution in [0.15, 0.2) is 18.3 Å². The second-order valence-electron chi connectivity index (χ2n) is 4.43. The van der Waals surface area contributed by atoms with Crippen LogP contribution in [0.3, 0.4) is 0 Å². The second-order valence-corrected chi connectivity index (χ2v) is 6.66. The van der Waals surface area contributed by atoms with Crippen LogP contribution in [-0.2, 0) is 9.84 Å². The highest BCUT2D eigenvalue weighted by molar-refractivity contribution is 7.91. The first-order valence-electron chi connectivity index (χ1n) is 6.13. The van der Waals surface area contributed by atoms with Gasteiger partial charge in [0.15, 0.2) is 21.4 Å². The van der Waals surface area contributed by atoms with Crippen LogP contribution < -0.4 is 10.1 Å². The topological polar surface area (TPSA) is 68.3 Å². The van der Waals surface area contributed by atoms with Gasteiger partial charge >= 0.3 is 0 Å². The summed E-state index contributed by atoms with van der Waals surface area (Å²) >= 11 is 0.